The van der Waals surface area contributed by atoms with E-state index in [1.54, 1.807) is 0 Å². The summed E-state index contributed by atoms with van der Waals surface area (Å²) in [7, 11) is 0. The second kappa shape index (κ2) is 10.5. The topological polar surface area (TPSA) is 105 Å². The van der Waals surface area contributed by atoms with E-state index in [1.165, 1.54) is 0 Å². The highest BCUT2D eigenvalue weighted by Gasteiger charge is 2.43. The number of nitrogens with one attached hydrogen (secondary N) is 2. The number of ether oxygens (including phenoxy) is 1. The zero-order chi connectivity index (χ0) is 25.0. The van der Waals surface area contributed by atoms with Crippen LogP contribution in [0.15, 0.2) is 48.5 Å². The van der Waals surface area contributed by atoms with Crippen LogP contribution >= 0.6 is 0 Å². The van der Waals surface area contributed by atoms with Gasteiger partial charge in [0, 0.05) is 5.92 Å². The number of amides is 2. The number of benzene rings is 2. The third-order valence-corrected chi connectivity index (χ3v) is 7.59. The van der Waals surface area contributed by atoms with E-state index < -0.39 is 29.6 Å². The molecule has 2 aromatic carbocycles. The van der Waals surface area contributed by atoms with E-state index in [2.05, 4.69) is 22.8 Å². The van der Waals surface area contributed by atoms with Gasteiger partial charge in [0.2, 0.25) is 5.91 Å². The number of carboxylic acids is 1. The van der Waals surface area contributed by atoms with Gasteiger partial charge in [0.15, 0.2) is 0 Å². The van der Waals surface area contributed by atoms with E-state index >= 15 is 0 Å². The first-order valence-electron chi connectivity index (χ1n) is 12.5. The van der Waals surface area contributed by atoms with Crippen molar-refractivity contribution in [3.8, 4) is 11.1 Å². The lowest BCUT2D eigenvalue weighted by Crippen LogP contribution is -2.61. The SMILES string of the molecule is CC[C@H](C)[C@H](NC(=O)OCC1c2ccccc2-c2ccccc21)C(=O)NC1(C(=O)O)CCCCC1. The minimum atomic E-state index is -1.27. The molecule has 3 N–H and O–H groups in total. The molecule has 2 atom stereocenters. The Labute approximate surface area is 206 Å². The van der Waals surface area contributed by atoms with E-state index in [4.69, 9.17) is 4.74 Å². The van der Waals surface area contributed by atoms with Gasteiger partial charge < -0.3 is 20.5 Å². The summed E-state index contributed by atoms with van der Waals surface area (Å²) in [6.07, 6.45) is 3.21. The summed E-state index contributed by atoms with van der Waals surface area (Å²) in [5.41, 5.74) is 3.22. The third-order valence-electron chi connectivity index (χ3n) is 7.59. The molecule has 2 aliphatic rings. The maximum Gasteiger partial charge on any atom is 0.407 e. The molecule has 4 rings (SSSR count). The van der Waals surface area contributed by atoms with Crippen molar-refractivity contribution in [2.45, 2.75) is 69.9 Å². The highest BCUT2D eigenvalue weighted by atomic mass is 16.5. The van der Waals surface area contributed by atoms with Crippen LogP contribution < -0.4 is 10.6 Å². The van der Waals surface area contributed by atoms with Gasteiger partial charge in [-0.2, -0.15) is 0 Å². The van der Waals surface area contributed by atoms with Gasteiger partial charge in [-0.1, -0.05) is 88.1 Å². The summed E-state index contributed by atoms with van der Waals surface area (Å²) in [4.78, 5) is 38.1. The van der Waals surface area contributed by atoms with Crippen LogP contribution in [0.2, 0.25) is 0 Å². The van der Waals surface area contributed by atoms with Crippen molar-refractivity contribution in [2.24, 2.45) is 5.92 Å². The smallest absolute Gasteiger partial charge is 0.407 e. The predicted octanol–water partition coefficient (Wildman–Crippen LogP) is 4.84. The number of carbonyl (C=O) groups is 3. The van der Waals surface area contributed by atoms with Gasteiger partial charge in [0.1, 0.15) is 18.2 Å². The molecule has 0 radical (unpaired) electrons. The average Bonchev–Trinajstić information content (AvgIpc) is 3.19. The number of alkyl carbamates (subject to hydrolysis) is 1. The summed E-state index contributed by atoms with van der Waals surface area (Å²) < 4.78 is 5.63. The summed E-state index contributed by atoms with van der Waals surface area (Å²) in [6.45, 7) is 3.94. The zero-order valence-electron chi connectivity index (χ0n) is 20.4. The summed E-state index contributed by atoms with van der Waals surface area (Å²) in [6, 6.07) is 15.3. The molecule has 0 unspecified atom stereocenters. The lowest BCUT2D eigenvalue weighted by Gasteiger charge is -2.36. The van der Waals surface area contributed by atoms with Crippen LogP contribution in [0.5, 0.6) is 0 Å². The van der Waals surface area contributed by atoms with Gasteiger partial charge in [-0.3, -0.25) is 4.79 Å². The molecule has 186 valence electrons. The molecule has 2 aromatic rings. The van der Waals surface area contributed by atoms with Crippen molar-refractivity contribution >= 4 is 18.0 Å². The predicted molar refractivity (Wildman–Crippen MR) is 133 cm³/mol. The number of fused-ring (bicyclic) bond motifs is 3. The molecule has 0 saturated heterocycles. The molecule has 2 amide bonds. The second-order valence-electron chi connectivity index (χ2n) is 9.77. The van der Waals surface area contributed by atoms with Gasteiger partial charge in [-0.05, 0) is 41.0 Å². The van der Waals surface area contributed by atoms with Crippen LogP contribution in [0.25, 0.3) is 11.1 Å². The first-order chi connectivity index (χ1) is 16.9. The van der Waals surface area contributed by atoms with E-state index in [1.807, 2.05) is 50.2 Å². The van der Waals surface area contributed by atoms with Crippen LogP contribution in [0, 0.1) is 5.92 Å². The fourth-order valence-corrected chi connectivity index (χ4v) is 5.33. The summed E-state index contributed by atoms with van der Waals surface area (Å²) >= 11 is 0. The van der Waals surface area contributed by atoms with Gasteiger partial charge in [0.05, 0.1) is 0 Å². The number of rotatable bonds is 8. The van der Waals surface area contributed by atoms with Gasteiger partial charge in [-0.25, -0.2) is 9.59 Å². The Balaban J connectivity index is 1.44. The maximum atomic E-state index is 13.2. The molecule has 2 aliphatic carbocycles. The lowest BCUT2D eigenvalue weighted by molar-refractivity contribution is -0.149. The molecule has 1 saturated carbocycles. The summed E-state index contributed by atoms with van der Waals surface area (Å²) in [5.74, 6) is -1.77. The number of hydrogen-bond acceptors (Lipinski definition) is 4. The van der Waals surface area contributed by atoms with Crippen LogP contribution in [0.1, 0.15) is 69.4 Å². The van der Waals surface area contributed by atoms with Crippen molar-refractivity contribution in [3.63, 3.8) is 0 Å². The Bertz CT molecular complexity index is 1050. The quantitative estimate of drug-likeness (QED) is 0.503. The van der Waals surface area contributed by atoms with Crippen molar-refractivity contribution in [2.75, 3.05) is 6.61 Å². The van der Waals surface area contributed by atoms with Crippen molar-refractivity contribution in [3.05, 3.63) is 59.7 Å². The third kappa shape index (κ3) is 5.04. The maximum absolute atomic E-state index is 13.2. The zero-order valence-corrected chi connectivity index (χ0v) is 20.4. The molecule has 35 heavy (non-hydrogen) atoms. The molecular formula is C28H34N2O5. The minimum Gasteiger partial charge on any atom is -0.480 e. The Morgan fingerprint density at radius 2 is 1.57 bits per heavy atom. The van der Waals surface area contributed by atoms with Gasteiger partial charge in [-0.15, -0.1) is 0 Å². The molecule has 7 heteroatoms. The fraction of sp³-hybridized carbons (Fsp3) is 0.464. The van der Waals surface area contributed by atoms with Crippen molar-refractivity contribution in [1.82, 2.24) is 10.6 Å². The van der Waals surface area contributed by atoms with Crippen LogP contribution in [0.4, 0.5) is 4.79 Å². The van der Waals surface area contributed by atoms with Gasteiger partial charge in [0.25, 0.3) is 0 Å². The van der Waals surface area contributed by atoms with Crippen molar-refractivity contribution in [1.29, 1.82) is 0 Å². The average molecular weight is 479 g/mol. The van der Waals surface area contributed by atoms with E-state index in [0.29, 0.717) is 19.3 Å². The van der Waals surface area contributed by atoms with Crippen LogP contribution in [-0.2, 0) is 14.3 Å². The Morgan fingerprint density at radius 1 is 1.00 bits per heavy atom. The molecule has 0 bridgehead atoms. The largest absolute Gasteiger partial charge is 0.480 e. The Kier molecular flexibility index (Phi) is 7.43. The standard InChI is InChI=1S/C28H34N2O5/c1-3-18(2)24(25(31)30-28(26(32)33)15-9-4-10-16-28)29-27(34)35-17-23-21-13-7-5-11-19(21)20-12-6-8-14-22(20)23/h5-8,11-14,18,23-24H,3-4,9-10,15-17H2,1-2H3,(H,29,34)(H,30,31)(H,32,33)/t18-,24-/m0/s1. The first kappa shape index (κ1) is 24.8. The normalized spacial score (nSPS) is 18.0. The molecule has 0 spiro atoms. The first-order valence-corrected chi connectivity index (χ1v) is 12.5. The molecule has 7 nitrogen and oxygen atoms in total. The monoisotopic (exact) mass is 478 g/mol. The minimum absolute atomic E-state index is 0.0819. The molecule has 0 aliphatic heterocycles. The molecule has 0 aromatic heterocycles. The van der Waals surface area contributed by atoms with Crippen molar-refractivity contribution < 1.29 is 24.2 Å². The summed E-state index contributed by atoms with van der Waals surface area (Å²) in [5, 5.41) is 15.3. The second-order valence-corrected chi connectivity index (χ2v) is 9.77. The molecule has 0 heterocycles. The highest BCUT2D eigenvalue weighted by molar-refractivity contribution is 5.91. The number of aliphatic carboxylic acids is 1. The number of carbonyl (C=O) groups excluding carboxylic acids is 2. The lowest BCUT2D eigenvalue weighted by atomic mass is 9.81. The highest BCUT2D eigenvalue weighted by Crippen LogP contribution is 2.44. The number of carboxylic acid groups (broad SMARTS) is 1. The number of hydrogen-bond donors (Lipinski definition) is 3. The van der Waals surface area contributed by atoms with E-state index in [-0.39, 0.29) is 18.4 Å². The Hall–Kier alpha value is -3.35. The van der Waals surface area contributed by atoms with Gasteiger partial charge >= 0.3 is 12.1 Å². The molecular weight excluding hydrogens is 444 g/mol. The van der Waals surface area contributed by atoms with E-state index in [0.717, 1.165) is 41.5 Å². The van der Waals surface area contributed by atoms with Crippen LogP contribution in [-0.4, -0.2) is 41.3 Å². The molecule has 1 fully saturated rings. The Morgan fingerprint density at radius 3 is 2.11 bits per heavy atom. The van der Waals surface area contributed by atoms with Crippen LogP contribution in [0.3, 0.4) is 0 Å². The van der Waals surface area contributed by atoms with E-state index in [9.17, 15) is 19.5 Å². The fourth-order valence-electron chi connectivity index (χ4n) is 5.33.